The number of nitrogens with one attached hydrogen (secondary N) is 1. The van der Waals surface area contributed by atoms with Gasteiger partial charge in [0.2, 0.25) is 0 Å². The Bertz CT molecular complexity index is 311. The van der Waals surface area contributed by atoms with E-state index in [0.717, 1.165) is 31.7 Å². The van der Waals surface area contributed by atoms with Crippen LogP contribution in [0.25, 0.3) is 0 Å². The lowest BCUT2D eigenvalue weighted by molar-refractivity contribution is 0.0473. The van der Waals surface area contributed by atoms with Crippen molar-refractivity contribution in [3.63, 3.8) is 0 Å². The summed E-state index contributed by atoms with van der Waals surface area (Å²) in [6, 6.07) is 2.41. The molecule has 2 unspecified atom stereocenters. The molecule has 1 N–H and O–H groups in total. The van der Waals surface area contributed by atoms with Crippen molar-refractivity contribution in [3.05, 3.63) is 18.0 Å². The Morgan fingerprint density at radius 2 is 2.24 bits per heavy atom. The lowest BCUT2D eigenvalue weighted by Gasteiger charge is -2.24. The fourth-order valence-corrected chi connectivity index (χ4v) is 1.91. The van der Waals surface area contributed by atoms with Crippen LogP contribution in [0.4, 0.5) is 0 Å². The second-order valence-electron chi connectivity index (χ2n) is 4.41. The quantitative estimate of drug-likeness (QED) is 0.751. The first kappa shape index (κ1) is 14.2. The van der Waals surface area contributed by atoms with E-state index in [4.69, 9.17) is 4.74 Å². The maximum atomic E-state index is 5.68. The molecule has 1 aromatic heterocycles. The molecule has 1 heterocycles. The van der Waals surface area contributed by atoms with Gasteiger partial charge in [0.1, 0.15) is 0 Å². The van der Waals surface area contributed by atoms with Gasteiger partial charge in [-0.1, -0.05) is 6.92 Å². The van der Waals surface area contributed by atoms with E-state index in [-0.39, 0.29) is 6.10 Å². The van der Waals surface area contributed by atoms with Crippen molar-refractivity contribution in [1.82, 2.24) is 15.1 Å². The van der Waals surface area contributed by atoms with E-state index >= 15 is 0 Å². The van der Waals surface area contributed by atoms with Gasteiger partial charge in [0, 0.05) is 32.3 Å². The van der Waals surface area contributed by atoms with Crippen molar-refractivity contribution in [2.45, 2.75) is 45.8 Å². The van der Waals surface area contributed by atoms with E-state index < -0.39 is 0 Å². The molecule has 0 aromatic carbocycles. The van der Waals surface area contributed by atoms with Crippen LogP contribution in [-0.2, 0) is 18.2 Å². The number of aromatic nitrogens is 2. The van der Waals surface area contributed by atoms with E-state index in [2.05, 4.69) is 30.3 Å². The lowest BCUT2D eigenvalue weighted by atomic mass is 10.1. The van der Waals surface area contributed by atoms with Crippen LogP contribution in [-0.4, -0.2) is 35.1 Å². The third-order valence-corrected chi connectivity index (χ3v) is 2.85. The molecule has 0 saturated heterocycles. The van der Waals surface area contributed by atoms with Gasteiger partial charge < -0.3 is 10.1 Å². The summed E-state index contributed by atoms with van der Waals surface area (Å²) in [4.78, 5) is 0. The van der Waals surface area contributed by atoms with Crippen molar-refractivity contribution < 1.29 is 4.74 Å². The predicted octanol–water partition coefficient (Wildman–Crippen LogP) is 1.76. The zero-order chi connectivity index (χ0) is 12.7. The first-order valence-corrected chi connectivity index (χ1v) is 6.50. The van der Waals surface area contributed by atoms with Gasteiger partial charge in [-0.05, 0) is 32.9 Å². The van der Waals surface area contributed by atoms with E-state index in [0.29, 0.717) is 6.04 Å². The van der Waals surface area contributed by atoms with Crippen molar-refractivity contribution in [3.8, 4) is 0 Å². The number of rotatable bonds is 8. The monoisotopic (exact) mass is 239 g/mol. The van der Waals surface area contributed by atoms with Gasteiger partial charge in [-0.25, -0.2) is 0 Å². The summed E-state index contributed by atoms with van der Waals surface area (Å²) in [7, 11) is 1.95. The van der Waals surface area contributed by atoms with Crippen LogP contribution < -0.4 is 5.32 Å². The molecule has 1 rings (SSSR count). The van der Waals surface area contributed by atoms with Gasteiger partial charge in [0.15, 0.2) is 0 Å². The SMILES string of the molecule is CCCNC(Cc1ccn(C)n1)C(C)OCC. The van der Waals surface area contributed by atoms with Crippen LogP contribution in [0.15, 0.2) is 12.3 Å². The summed E-state index contributed by atoms with van der Waals surface area (Å²) in [5, 5.41) is 7.96. The minimum Gasteiger partial charge on any atom is -0.377 e. The molecule has 2 atom stereocenters. The largest absolute Gasteiger partial charge is 0.377 e. The molecule has 0 aliphatic heterocycles. The number of ether oxygens (including phenoxy) is 1. The van der Waals surface area contributed by atoms with Crippen LogP contribution >= 0.6 is 0 Å². The molecule has 4 nitrogen and oxygen atoms in total. The highest BCUT2D eigenvalue weighted by molar-refractivity contribution is 5.02. The van der Waals surface area contributed by atoms with Crippen molar-refractivity contribution in [2.75, 3.05) is 13.2 Å². The van der Waals surface area contributed by atoms with E-state index in [1.165, 1.54) is 0 Å². The summed E-state index contributed by atoms with van der Waals surface area (Å²) in [6.07, 6.45) is 4.26. The maximum Gasteiger partial charge on any atom is 0.0703 e. The predicted molar refractivity (Wildman–Crippen MR) is 70.1 cm³/mol. The van der Waals surface area contributed by atoms with Gasteiger partial charge in [-0.3, -0.25) is 4.68 Å². The molecule has 0 fully saturated rings. The number of hydrogen-bond donors (Lipinski definition) is 1. The Morgan fingerprint density at radius 3 is 2.76 bits per heavy atom. The highest BCUT2D eigenvalue weighted by Crippen LogP contribution is 2.07. The van der Waals surface area contributed by atoms with Crippen LogP contribution in [0.2, 0.25) is 0 Å². The summed E-state index contributed by atoms with van der Waals surface area (Å²) in [5.74, 6) is 0. The number of nitrogens with zero attached hydrogens (tertiary/aromatic N) is 2. The van der Waals surface area contributed by atoms with Crippen molar-refractivity contribution in [1.29, 1.82) is 0 Å². The Balaban J connectivity index is 2.55. The van der Waals surface area contributed by atoms with Crippen molar-refractivity contribution in [2.24, 2.45) is 7.05 Å². The highest BCUT2D eigenvalue weighted by atomic mass is 16.5. The van der Waals surface area contributed by atoms with Crippen LogP contribution in [0.3, 0.4) is 0 Å². The van der Waals surface area contributed by atoms with E-state index in [1.807, 2.05) is 24.9 Å². The topological polar surface area (TPSA) is 39.1 Å². The van der Waals surface area contributed by atoms with Gasteiger partial charge in [0.25, 0.3) is 0 Å². The molecule has 0 saturated carbocycles. The number of aryl methyl sites for hydroxylation is 1. The minimum atomic E-state index is 0.216. The average Bonchev–Trinajstić information content (AvgIpc) is 2.70. The zero-order valence-electron chi connectivity index (χ0n) is 11.4. The third-order valence-electron chi connectivity index (χ3n) is 2.85. The Labute approximate surface area is 104 Å². The van der Waals surface area contributed by atoms with Gasteiger partial charge in [0.05, 0.1) is 11.8 Å². The first-order chi connectivity index (χ1) is 8.17. The maximum absolute atomic E-state index is 5.68. The Kier molecular flexibility index (Phi) is 6.22. The highest BCUT2D eigenvalue weighted by Gasteiger charge is 2.18. The smallest absolute Gasteiger partial charge is 0.0703 e. The van der Waals surface area contributed by atoms with Crippen LogP contribution in [0.1, 0.15) is 32.9 Å². The molecule has 0 amide bonds. The molecule has 0 spiro atoms. The molecule has 17 heavy (non-hydrogen) atoms. The van der Waals surface area contributed by atoms with E-state index in [9.17, 15) is 0 Å². The second-order valence-corrected chi connectivity index (χ2v) is 4.41. The Morgan fingerprint density at radius 1 is 1.47 bits per heavy atom. The molecular weight excluding hydrogens is 214 g/mol. The van der Waals surface area contributed by atoms with Crippen molar-refractivity contribution >= 4 is 0 Å². The minimum absolute atomic E-state index is 0.216. The fourth-order valence-electron chi connectivity index (χ4n) is 1.91. The normalized spacial score (nSPS) is 14.8. The molecule has 0 bridgehead atoms. The number of hydrogen-bond acceptors (Lipinski definition) is 3. The standard InChI is InChI=1S/C13H25N3O/c1-5-8-14-13(11(3)17-6-2)10-12-7-9-16(4)15-12/h7,9,11,13-14H,5-6,8,10H2,1-4H3. The molecule has 1 aromatic rings. The molecule has 4 heteroatoms. The van der Waals surface area contributed by atoms with Crippen LogP contribution in [0, 0.1) is 0 Å². The van der Waals surface area contributed by atoms with Crippen LogP contribution in [0.5, 0.6) is 0 Å². The Hall–Kier alpha value is -0.870. The summed E-state index contributed by atoms with van der Waals surface area (Å²) in [6.45, 7) is 8.12. The third kappa shape index (κ3) is 4.88. The molecule has 0 aliphatic rings. The van der Waals surface area contributed by atoms with Gasteiger partial charge in [-0.2, -0.15) is 5.10 Å². The lowest BCUT2D eigenvalue weighted by Crippen LogP contribution is -2.42. The summed E-state index contributed by atoms with van der Waals surface area (Å²) in [5.41, 5.74) is 1.12. The summed E-state index contributed by atoms with van der Waals surface area (Å²) < 4.78 is 7.53. The van der Waals surface area contributed by atoms with Gasteiger partial charge >= 0.3 is 0 Å². The molecule has 0 aliphatic carbocycles. The molecule has 98 valence electrons. The molecule has 0 radical (unpaired) electrons. The zero-order valence-corrected chi connectivity index (χ0v) is 11.4. The molecular formula is C13H25N3O. The van der Waals surface area contributed by atoms with Gasteiger partial charge in [-0.15, -0.1) is 0 Å². The average molecular weight is 239 g/mol. The summed E-state index contributed by atoms with van der Waals surface area (Å²) >= 11 is 0. The fraction of sp³-hybridized carbons (Fsp3) is 0.769. The second kappa shape index (κ2) is 7.45. The first-order valence-electron chi connectivity index (χ1n) is 6.50. The van der Waals surface area contributed by atoms with E-state index in [1.54, 1.807) is 0 Å².